The second kappa shape index (κ2) is 8.79. The quantitative estimate of drug-likeness (QED) is 0.659. The minimum Gasteiger partial charge on any atom is -0.354 e. The van der Waals surface area contributed by atoms with Gasteiger partial charge in [0, 0.05) is 6.54 Å². The van der Waals surface area contributed by atoms with E-state index in [2.05, 4.69) is 10.6 Å². The first-order valence-corrected chi connectivity index (χ1v) is 9.80. The van der Waals surface area contributed by atoms with E-state index < -0.39 is 41.7 Å². The number of amides is 4. The summed E-state index contributed by atoms with van der Waals surface area (Å²) in [6, 6.07) is 12.8. The summed E-state index contributed by atoms with van der Waals surface area (Å²) in [6.45, 7) is 1.50. The molecular formula is C22H22F3N3O3. The van der Waals surface area contributed by atoms with Crippen molar-refractivity contribution in [3.8, 4) is 0 Å². The Morgan fingerprint density at radius 2 is 1.71 bits per heavy atom. The van der Waals surface area contributed by atoms with Gasteiger partial charge in [-0.3, -0.25) is 14.5 Å². The van der Waals surface area contributed by atoms with Gasteiger partial charge in [0.2, 0.25) is 5.91 Å². The first-order valence-electron chi connectivity index (χ1n) is 9.80. The molecule has 0 aromatic heterocycles. The molecule has 1 heterocycles. The van der Waals surface area contributed by atoms with Crippen LogP contribution in [0.15, 0.2) is 54.6 Å². The number of nitrogens with one attached hydrogen (secondary N) is 2. The van der Waals surface area contributed by atoms with E-state index in [0.29, 0.717) is 24.0 Å². The minimum atomic E-state index is -4.40. The third-order valence-electron chi connectivity index (χ3n) is 5.29. The van der Waals surface area contributed by atoms with Gasteiger partial charge in [0.1, 0.15) is 12.1 Å². The van der Waals surface area contributed by atoms with Crippen LogP contribution in [-0.2, 0) is 27.7 Å². The summed E-state index contributed by atoms with van der Waals surface area (Å²) in [6.07, 6.45) is -3.76. The number of benzene rings is 2. The van der Waals surface area contributed by atoms with Crippen molar-refractivity contribution in [2.45, 2.75) is 31.5 Å². The summed E-state index contributed by atoms with van der Waals surface area (Å²) < 4.78 is 37.8. The molecule has 0 saturated carbocycles. The number of alkyl halides is 3. The van der Waals surface area contributed by atoms with E-state index in [-0.39, 0.29) is 6.54 Å². The highest BCUT2D eigenvalue weighted by Crippen LogP contribution is 2.32. The van der Waals surface area contributed by atoms with Crippen molar-refractivity contribution in [2.24, 2.45) is 0 Å². The molecule has 1 unspecified atom stereocenters. The van der Waals surface area contributed by atoms with Crippen LogP contribution < -0.4 is 10.6 Å². The fourth-order valence-corrected chi connectivity index (χ4v) is 3.54. The Morgan fingerprint density at radius 1 is 1.06 bits per heavy atom. The molecule has 2 aromatic carbocycles. The SMILES string of the molecule is CCC1(c2ccccc2)NC(=O)N(CC(=O)NCCc2ccc(C(F)(F)F)cc2)C1=O. The van der Waals surface area contributed by atoms with Gasteiger partial charge in [0.25, 0.3) is 5.91 Å². The summed E-state index contributed by atoms with van der Waals surface area (Å²) in [5, 5.41) is 5.30. The molecule has 0 aliphatic carbocycles. The van der Waals surface area contributed by atoms with Crippen molar-refractivity contribution in [1.29, 1.82) is 0 Å². The number of hydrogen-bond donors (Lipinski definition) is 2. The predicted octanol–water partition coefficient (Wildman–Crippen LogP) is 3.22. The topological polar surface area (TPSA) is 78.5 Å². The van der Waals surface area contributed by atoms with Crippen molar-refractivity contribution >= 4 is 17.8 Å². The number of hydrogen-bond acceptors (Lipinski definition) is 3. The van der Waals surface area contributed by atoms with E-state index in [1.807, 2.05) is 0 Å². The zero-order valence-corrected chi connectivity index (χ0v) is 16.8. The van der Waals surface area contributed by atoms with Gasteiger partial charge < -0.3 is 10.6 Å². The highest BCUT2D eigenvalue weighted by molar-refractivity contribution is 6.09. The van der Waals surface area contributed by atoms with Crippen LogP contribution in [0.5, 0.6) is 0 Å². The maximum atomic E-state index is 13.0. The van der Waals surface area contributed by atoms with Crippen LogP contribution >= 0.6 is 0 Å². The number of urea groups is 1. The molecule has 0 radical (unpaired) electrons. The Bertz CT molecular complexity index is 961. The van der Waals surface area contributed by atoms with E-state index in [0.717, 1.165) is 17.0 Å². The van der Waals surface area contributed by atoms with Gasteiger partial charge in [-0.2, -0.15) is 13.2 Å². The van der Waals surface area contributed by atoms with E-state index in [4.69, 9.17) is 0 Å². The van der Waals surface area contributed by atoms with Crippen molar-refractivity contribution in [2.75, 3.05) is 13.1 Å². The summed E-state index contributed by atoms with van der Waals surface area (Å²) in [7, 11) is 0. The minimum absolute atomic E-state index is 0.158. The van der Waals surface area contributed by atoms with Crippen LogP contribution in [-0.4, -0.2) is 35.8 Å². The highest BCUT2D eigenvalue weighted by atomic mass is 19.4. The molecule has 1 fully saturated rings. The molecule has 1 aliphatic rings. The standard InChI is InChI=1S/C22H22F3N3O3/c1-2-21(16-6-4-3-5-7-16)19(30)28(20(31)27-21)14-18(29)26-13-12-15-8-10-17(11-9-15)22(23,24)25/h3-11H,2,12-14H2,1H3,(H,26,29)(H,27,31). The summed E-state index contributed by atoms with van der Waals surface area (Å²) in [5.74, 6) is -1.03. The number of rotatable bonds is 7. The van der Waals surface area contributed by atoms with Gasteiger partial charge >= 0.3 is 12.2 Å². The predicted molar refractivity (Wildman–Crippen MR) is 107 cm³/mol. The maximum Gasteiger partial charge on any atom is 0.416 e. The molecule has 31 heavy (non-hydrogen) atoms. The Morgan fingerprint density at radius 3 is 2.29 bits per heavy atom. The van der Waals surface area contributed by atoms with Crippen LogP contribution in [0.4, 0.5) is 18.0 Å². The molecule has 1 aliphatic heterocycles. The zero-order chi connectivity index (χ0) is 22.6. The Balaban J connectivity index is 1.57. The second-order valence-electron chi connectivity index (χ2n) is 7.24. The fraction of sp³-hybridized carbons (Fsp3) is 0.318. The van der Waals surface area contributed by atoms with Gasteiger partial charge in [0.05, 0.1) is 5.56 Å². The Labute approximate surface area is 177 Å². The fourth-order valence-electron chi connectivity index (χ4n) is 3.54. The van der Waals surface area contributed by atoms with Crippen LogP contribution in [0.1, 0.15) is 30.0 Å². The first-order chi connectivity index (χ1) is 14.7. The van der Waals surface area contributed by atoms with Gasteiger partial charge in [-0.1, -0.05) is 49.4 Å². The molecule has 0 spiro atoms. The molecule has 0 bridgehead atoms. The van der Waals surface area contributed by atoms with Crippen molar-refractivity contribution in [3.63, 3.8) is 0 Å². The number of carbonyl (C=O) groups excluding carboxylic acids is 3. The van der Waals surface area contributed by atoms with Gasteiger partial charge in [-0.05, 0) is 36.1 Å². The molecule has 3 rings (SSSR count). The molecule has 2 aromatic rings. The number of carbonyl (C=O) groups is 3. The molecule has 6 nitrogen and oxygen atoms in total. The third-order valence-corrected chi connectivity index (χ3v) is 5.29. The maximum absolute atomic E-state index is 13.0. The first kappa shape index (κ1) is 22.3. The average Bonchev–Trinajstić information content (AvgIpc) is 2.99. The smallest absolute Gasteiger partial charge is 0.354 e. The van der Waals surface area contributed by atoms with Crippen molar-refractivity contribution in [3.05, 3.63) is 71.3 Å². The number of imide groups is 1. The van der Waals surface area contributed by atoms with E-state index in [9.17, 15) is 27.6 Å². The molecule has 4 amide bonds. The lowest BCUT2D eigenvalue weighted by molar-refractivity contribution is -0.137. The lowest BCUT2D eigenvalue weighted by Gasteiger charge is -2.25. The third kappa shape index (κ3) is 4.70. The second-order valence-corrected chi connectivity index (χ2v) is 7.24. The molecular weight excluding hydrogens is 411 g/mol. The van der Waals surface area contributed by atoms with Crippen LogP contribution in [0.2, 0.25) is 0 Å². The monoisotopic (exact) mass is 433 g/mol. The van der Waals surface area contributed by atoms with Gasteiger partial charge in [-0.15, -0.1) is 0 Å². The summed E-state index contributed by atoms with van der Waals surface area (Å²) >= 11 is 0. The lowest BCUT2D eigenvalue weighted by atomic mass is 9.87. The van der Waals surface area contributed by atoms with Crippen molar-refractivity contribution in [1.82, 2.24) is 15.5 Å². The van der Waals surface area contributed by atoms with Crippen LogP contribution in [0.25, 0.3) is 0 Å². The molecule has 1 saturated heterocycles. The molecule has 1 atom stereocenters. The van der Waals surface area contributed by atoms with Crippen molar-refractivity contribution < 1.29 is 27.6 Å². The number of halogens is 3. The average molecular weight is 433 g/mol. The lowest BCUT2D eigenvalue weighted by Crippen LogP contribution is -2.45. The van der Waals surface area contributed by atoms with Crippen LogP contribution in [0, 0.1) is 0 Å². The molecule has 2 N–H and O–H groups in total. The Kier molecular flexibility index (Phi) is 6.33. The van der Waals surface area contributed by atoms with E-state index >= 15 is 0 Å². The Hall–Kier alpha value is -3.36. The molecule has 9 heteroatoms. The normalized spacial score (nSPS) is 18.8. The summed E-state index contributed by atoms with van der Waals surface area (Å²) in [4.78, 5) is 38.5. The highest BCUT2D eigenvalue weighted by Gasteiger charge is 2.51. The molecule has 164 valence electrons. The van der Waals surface area contributed by atoms with Gasteiger partial charge in [-0.25, -0.2) is 4.79 Å². The largest absolute Gasteiger partial charge is 0.416 e. The summed E-state index contributed by atoms with van der Waals surface area (Å²) in [5.41, 5.74) is -0.686. The van der Waals surface area contributed by atoms with Crippen LogP contribution in [0.3, 0.4) is 0 Å². The zero-order valence-electron chi connectivity index (χ0n) is 16.8. The number of nitrogens with zero attached hydrogens (tertiary/aromatic N) is 1. The van der Waals surface area contributed by atoms with Gasteiger partial charge in [0.15, 0.2) is 0 Å². The van der Waals surface area contributed by atoms with E-state index in [1.54, 1.807) is 37.3 Å². The van der Waals surface area contributed by atoms with E-state index in [1.165, 1.54) is 12.1 Å².